The number of nitrogens with one attached hydrogen (secondary N) is 1. The third-order valence-corrected chi connectivity index (χ3v) is 5.88. The zero-order chi connectivity index (χ0) is 20.1. The van der Waals surface area contributed by atoms with E-state index in [0.717, 1.165) is 11.4 Å². The van der Waals surface area contributed by atoms with Crippen LogP contribution in [-0.2, 0) is 17.8 Å². The summed E-state index contributed by atoms with van der Waals surface area (Å²) >= 11 is 19.1. The number of halogens is 3. The maximum Gasteiger partial charge on any atom is 0.234 e. The van der Waals surface area contributed by atoms with Crippen molar-refractivity contribution in [1.29, 1.82) is 0 Å². The van der Waals surface area contributed by atoms with Gasteiger partial charge in [0.15, 0.2) is 5.16 Å². The van der Waals surface area contributed by atoms with Crippen molar-refractivity contribution in [3.8, 4) is 0 Å². The van der Waals surface area contributed by atoms with Gasteiger partial charge >= 0.3 is 0 Å². The standard InChI is InChI=1S/C19H17Cl3N4OS/c1-2-26-17(9-12-3-5-13(20)6-4-12)24-25-19(26)28-11-18(27)23-14-7-8-15(21)16(22)10-14/h3-8,10H,2,9,11H2,1H3,(H,23,27). The summed E-state index contributed by atoms with van der Waals surface area (Å²) in [5.74, 6) is 0.893. The van der Waals surface area contributed by atoms with Crippen LogP contribution in [0.15, 0.2) is 47.6 Å². The molecule has 0 aliphatic rings. The van der Waals surface area contributed by atoms with E-state index in [1.807, 2.05) is 35.8 Å². The molecule has 0 aliphatic heterocycles. The van der Waals surface area contributed by atoms with E-state index < -0.39 is 0 Å². The van der Waals surface area contributed by atoms with Crippen LogP contribution in [0.4, 0.5) is 5.69 Å². The lowest BCUT2D eigenvalue weighted by atomic mass is 10.1. The number of anilines is 1. The highest BCUT2D eigenvalue weighted by molar-refractivity contribution is 7.99. The summed E-state index contributed by atoms with van der Waals surface area (Å²) in [7, 11) is 0. The summed E-state index contributed by atoms with van der Waals surface area (Å²) in [5.41, 5.74) is 1.70. The fourth-order valence-electron chi connectivity index (χ4n) is 2.56. The number of benzene rings is 2. The predicted octanol–water partition coefficient (Wildman–Crippen LogP) is 5.58. The fourth-order valence-corrected chi connectivity index (χ4v) is 3.81. The van der Waals surface area contributed by atoms with Crippen molar-refractivity contribution >= 4 is 58.2 Å². The zero-order valence-corrected chi connectivity index (χ0v) is 18.0. The Labute approximate surface area is 182 Å². The van der Waals surface area contributed by atoms with Gasteiger partial charge in [-0.2, -0.15) is 0 Å². The number of carbonyl (C=O) groups excluding carboxylic acids is 1. The molecule has 0 fully saturated rings. The number of hydrogen-bond donors (Lipinski definition) is 1. The molecule has 0 unspecified atom stereocenters. The normalized spacial score (nSPS) is 10.9. The summed E-state index contributed by atoms with van der Waals surface area (Å²) in [6, 6.07) is 12.6. The molecular weight excluding hydrogens is 439 g/mol. The molecule has 1 amide bonds. The largest absolute Gasteiger partial charge is 0.325 e. The quantitative estimate of drug-likeness (QED) is 0.472. The van der Waals surface area contributed by atoms with Gasteiger partial charge in [-0.05, 0) is 42.8 Å². The monoisotopic (exact) mass is 454 g/mol. The number of carbonyl (C=O) groups is 1. The van der Waals surface area contributed by atoms with Crippen molar-refractivity contribution in [2.75, 3.05) is 11.1 Å². The summed E-state index contributed by atoms with van der Waals surface area (Å²) < 4.78 is 2.01. The van der Waals surface area contributed by atoms with Crippen LogP contribution in [0.2, 0.25) is 15.1 Å². The van der Waals surface area contributed by atoms with Gasteiger partial charge in [0, 0.05) is 23.7 Å². The lowest BCUT2D eigenvalue weighted by molar-refractivity contribution is -0.113. The molecule has 2 aromatic carbocycles. The summed E-state index contributed by atoms with van der Waals surface area (Å²) in [4.78, 5) is 12.2. The molecule has 3 rings (SSSR count). The molecule has 3 aromatic rings. The summed E-state index contributed by atoms with van der Waals surface area (Å²) in [5, 5.41) is 13.6. The van der Waals surface area contributed by atoms with Crippen LogP contribution in [0, 0.1) is 0 Å². The van der Waals surface area contributed by atoms with Gasteiger partial charge in [0.25, 0.3) is 0 Å². The molecule has 146 valence electrons. The SMILES string of the molecule is CCn1c(Cc2ccc(Cl)cc2)nnc1SCC(=O)Nc1ccc(Cl)c(Cl)c1. The number of thioether (sulfide) groups is 1. The van der Waals surface area contributed by atoms with Gasteiger partial charge in [-0.25, -0.2) is 0 Å². The molecule has 1 heterocycles. The van der Waals surface area contributed by atoms with E-state index in [-0.39, 0.29) is 11.7 Å². The van der Waals surface area contributed by atoms with Gasteiger partial charge in [-0.3, -0.25) is 4.79 Å². The maximum absolute atomic E-state index is 12.2. The molecule has 9 heteroatoms. The first-order valence-corrected chi connectivity index (χ1v) is 10.6. The number of amides is 1. The fraction of sp³-hybridized carbons (Fsp3) is 0.211. The lowest BCUT2D eigenvalue weighted by Gasteiger charge is -2.08. The highest BCUT2D eigenvalue weighted by Gasteiger charge is 2.14. The van der Waals surface area contributed by atoms with Crippen LogP contribution in [0.1, 0.15) is 18.3 Å². The van der Waals surface area contributed by atoms with Crippen molar-refractivity contribution in [3.63, 3.8) is 0 Å². The molecule has 0 aliphatic carbocycles. The Morgan fingerprint density at radius 1 is 1.07 bits per heavy atom. The molecule has 0 bridgehead atoms. The molecule has 0 atom stereocenters. The Balaban J connectivity index is 1.62. The Hall–Kier alpha value is -1.73. The first kappa shape index (κ1) is 21.0. The average molecular weight is 456 g/mol. The third-order valence-electron chi connectivity index (χ3n) is 3.92. The van der Waals surface area contributed by atoms with Crippen LogP contribution < -0.4 is 5.32 Å². The Morgan fingerprint density at radius 3 is 2.50 bits per heavy atom. The summed E-state index contributed by atoms with van der Waals surface area (Å²) in [6.07, 6.45) is 0.647. The number of hydrogen-bond acceptors (Lipinski definition) is 4. The van der Waals surface area contributed by atoms with Crippen LogP contribution in [-0.4, -0.2) is 26.4 Å². The van der Waals surface area contributed by atoms with Crippen molar-refractivity contribution in [3.05, 3.63) is 68.9 Å². The van der Waals surface area contributed by atoms with E-state index in [0.29, 0.717) is 38.9 Å². The highest BCUT2D eigenvalue weighted by Crippen LogP contribution is 2.25. The van der Waals surface area contributed by atoms with Crippen LogP contribution in [0.25, 0.3) is 0 Å². The molecular formula is C19H17Cl3N4OS. The molecule has 0 spiro atoms. The van der Waals surface area contributed by atoms with E-state index in [4.69, 9.17) is 34.8 Å². The molecule has 1 N–H and O–H groups in total. The molecule has 0 radical (unpaired) electrons. The highest BCUT2D eigenvalue weighted by atomic mass is 35.5. The number of rotatable bonds is 7. The maximum atomic E-state index is 12.2. The van der Waals surface area contributed by atoms with Gasteiger partial charge in [0.1, 0.15) is 5.82 Å². The topological polar surface area (TPSA) is 59.8 Å². The van der Waals surface area contributed by atoms with E-state index in [2.05, 4.69) is 15.5 Å². The van der Waals surface area contributed by atoms with E-state index in [9.17, 15) is 4.79 Å². The third kappa shape index (κ3) is 5.41. The van der Waals surface area contributed by atoms with Crippen LogP contribution >= 0.6 is 46.6 Å². The van der Waals surface area contributed by atoms with Crippen LogP contribution in [0.5, 0.6) is 0 Å². The zero-order valence-electron chi connectivity index (χ0n) is 15.0. The van der Waals surface area contributed by atoms with Gasteiger partial charge in [0.05, 0.1) is 15.8 Å². The van der Waals surface area contributed by atoms with Gasteiger partial charge < -0.3 is 9.88 Å². The molecule has 28 heavy (non-hydrogen) atoms. The minimum atomic E-state index is -0.159. The molecule has 0 saturated heterocycles. The average Bonchev–Trinajstić information content (AvgIpc) is 3.06. The minimum absolute atomic E-state index is 0.159. The van der Waals surface area contributed by atoms with Crippen LogP contribution in [0.3, 0.4) is 0 Å². The Kier molecular flexibility index (Phi) is 7.24. The second-order valence-corrected chi connectivity index (χ2v) is 8.11. The minimum Gasteiger partial charge on any atom is -0.325 e. The second-order valence-electron chi connectivity index (χ2n) is 5.91. The van der Waals surface area contributed by atoms with Gasteiger partial charge in [-0.1, -0.05) is 58.7 Å². The van der Waals surface area contributed by atoms with E-state index in [1.165, 1.54) is 11.8 Å². The second kappa shape index (κ2) is 9.65. The smallest absolute Gasteiger partial charge is 0.234 e. The first-order chi connectivity index (χ1) is 13.5. The van der Waals surface area contributed by atoms with Crippen molar-refractivity contribution < 1.29 is 4.79 Å². The first-order valence-electron chi connectivity index (χ1n) is 8.50. The molecule has 1 aromatic heterocycles. The molecule has 5 nitrogen and oxygen atoms in total. The van der Waals surface area contributed by atoms with Crippen molar-refractivity contribution in [2.45, 2.75) is 25.0 Å². The number of nitrogens with zero attached hydrogens (tertiary/aromatic N) is 3. The van der Waals surface area contributed by atoms with E-state index >= 15 is 0 Å². The lowest BCUT2D eigenvalue weighted by Crippen LogP contribution is -2.14. The Bertz CT molecular complexity index is 976. The van der Waals surface area contributed by atoms with Crippen molar-refractivity contribution in [2.24, 2.45) is 0 Å². The van der Waals surface area contributed by atoms with Gasteiger partial charge in [0.2, 0.25) is 5.91 Å². The van der Waals surface area contributed by atoms with E-state index in [1.54, 1.807) is 18.2 Å². The summed E-state index contributed by atoms with van der Waals surface area (Å²) in [6.45, 7) is 2.74. The number of aromatic nitrogens is 3. The van der Waals surface area contributed by atoms with Crippen molar-refractivity contribution in [1.82, 2.24) is 14.8 Å². The van der Waals surface area contributed by atoms with Gasteiger partial charge in [-0.15, -0.1) is 10.2 Å². The Morgan fingerprint density at radius 2 is 1.82 bits per heavy atom. The molecule has 0 saturated carbocycles. The predicted molar refractivity (Wildman–Crippen MR) is 116 cm³/mol.